The highest BCUT2D eigenvalue weighted by Gasteiger charge is 2.41. The van der Waals surface area contributed by atoms with E-state index in [1.54, 1.807) is 0 Å². The standard InChI is InChI=1S/C65H40N3O2/c1-3-16-42(17-4-1)67-57-27-9-10-28-58(57)68(43-18-5-2-6-19-43)60-39-56-55(38-59(60)67)54-37-41(45-23-14-25-52-49-21-8-12-30-62(49)70-65(45)52)32-34-47(54)46-33-31-40(36-53(46)50-26-15-35-66-63(50)56)44-22-13-24-51-48-20-7-11-29-61(48)69-64(44)51/h1-39,58H/q+1. The van der Waals surface area contributed by atoms with Gasteiger partial charge in [-0.25, -0.2) is 0 Å². The van der Waals surface area contributed by atoms with Crippen LogP contribution in [0.25, 0.3) is 111 Å². The number of nitrogens with zero attached hydrogens (tertiary/aromatic N) is 3. The van der Waals surface area contributed by atoms with Crippen molar-refractivity contribution in [1.29, 1.82) is 0 Å². The van der Waals surface area contributed by atoms with Crippen molar-refractivity contribution in [3.05, 3.63) is 237 Å². The second-order valence-electron chi connectivity index (χ2n) is 18.4. The fourth-order valence-electron chi connectivity index (χ4n) is 11.5. The zero-order chi connectivity index (χ0) is 45.9. The highest BCUT2D eigenvalue weighted by Crippen LogP contribution is 2.54. The van der Waals surface area contributed by atoms with Gasteiger partial charge in [0, 0.05) is 80.0 Å². The van der Waals surface area contributed by atoms with E-state index in [9.17, 15) is 0 Å². The van der Waals surface area contributed by atoms with Crippen molar-refractivity contribution >= 4 is 72.3 Å². The van der Waals surface area contributed by atoms with Crippen LogP contribution in [0.2, 0.25) is 0 Å². The molecule has 3 aliphatic rings. The van der Waals surface area contributed by atoms with E-state index in [2.05, 4.69) is 228 Å². The summed E-state index contributed by atoms with van der Waals surface area (Å²) in [6, 6.07) is 74.1. The fourth-order valence-corrected chi connectivity index (χ4v) is 11.5. The Labute approximate surface area is 403 Å². The molecule has 0 spiro atoms. The van der Waals surface area contributed by atoms with Crippen LogP contribution in [0.5, 0.6) is 0 Å². The molecule has 0 radical (unpaired) electrons. The highest BCUT2D eigenvalue weighted by atomic mass is 16.3. The number of fused-ring (bicyclic) bond motifs is 16. The third kappa shape index (κ3) is 5.72. The number of pyridine rings is 1. The maximum atomic E-state index is 6.70. The van der Waals surface area contributed by atoms with E-state index < -0.39 is 0 Å². The van der Waals surface area contributed by atoms with E-state index in [0.717, 1.165) is 134 Å². The van der Waals surface area contributed by atoms with Gasteiger partial charge in [-0.15, -0.1) is 0 Å². The van der Waals surface area contributed by atoms with Gasteiger partial charge in [-0.1, -0.05) is 158 Å². The Balaban J connectivity index is 1.05. The average molecular weight is 895 g/mol. The van der Waals surface area contributed by atoms with Crippen LogP contribution in [0.4, 0.5) is 22.7 Å². The summed E-state index contributed by atoms with van der Waals surface area (Å²) in [6.45, 7) is 0. The van der Waals surface area contributed by atoms with Crippen molar-refractivity contribution in [3.63, 3.8) is 0 Å². The predicted molar refractivity (Wildman–Crippen MR) is 289 cm³/mol. The minimum absolute atomic E-state index is 0.0673. The van der Waals surface area contributed by atoms with Crippen molar-refractivity contribution in [3.8, 4) is 66.9 Å². The number of rotatable bonds is 4. The van der Waals surface area contributed by atoms with Gasteiger partial charge in [-0.2, -0.15) is 4.58 Å². The first kappa shape index (κ1) is 38.8. The summed E-state index contributed by atoms with van der Waals surface area (Å²) >= 11 is 0. The SMILES string of the molecule is C1=CC2=[N+](c3ccccc3)c3cc4c(cc3N(c3ccccc3)C2C=C1)-c1ncccc1-c1cc(-c2cccc3c2oc2ccccc23)ccc1-c1ccc(-c2cccc3c2oc2ccccc23)cc1-4. The van der Waals surface area contributed by atoms with Gasteiger partial charge in [0.1, 0.15) is 34.1 Å². The van der Waals surface area contributed by atoms with Gasteiger partial charge in [0.25, 0.3) is 0 Å². The number of hydrogen-bond acceptors (Lipinski definition) is 4. The van der Waals surface area contributed by atoms with Gasteiger partial charge in [0.05, 0.1) is 5.69 Å². The lowest BCUT2D eigenvalue weighted by Gasteiger charge is -2.36. The molecule has 9 aromatic carbocycles. The van der Waals surface area contributed by atoms with Crippen LogP contribution < -0.4 is 9.48 Å². The molecule has 326 valence electrons. The van der Waals surface area contributed by atoms with Gasteiger partial charge in [0.2, 0.25) is 17.1 Å². The van der Waals surface area contributed by atoms with E-state index in [1.165, 1.54) is 5.71 Å². The third-order valence-corrected chi connectivity index (χ3v) is 14.6. The number of benzene rings is 9. The highest BCUT2D eigenvalue weighted by molar-refractivity contribution is 6.15. The van der Waals surface area contributed by atoms with E-state index in [1.807, 2.05) is 18.3 Å². The fraction of sp³-hybridized carbons (Fsp3) is 0.0154. The molecule has 1 atom stereocenters. The molecule has 12 aromatic rings. The molecule has 0 fully saturated rings. The summed E-state index contributed by atoms with van der Waals surface area (Å²) in [7, 11) is 0. The summed E-state index contributed by atoms with van der Waals surface area (Å²) in [4.78, 5) is 7.86. The first-order chi connectivity index (χ1) is 34.7. The molecule has 1 unspecified atom stereocenters. The molecular formula is C65H40N3O2+. The first-order valence-electron chi connectivity index (χ1n) is 23.9. The van der Waals surface area contributed by atoms with Crippen LogP contribution in [0, 0.1) is 0 Å². The molecule has 0 saturated heterocycles. The maximum Gasteiger partial charge on any atom is 0.236 e. The average Bonchev–Trinajstić information content (AvgIpc) is 4.01. The van der Waals surface area contributed by atoms with E-state index >= 15 is 0 Å². The number of aromatic nitrogens is 1. The van der Waals surface area contributed by atoms with Crippen LogP contribution >= 0.6 is 0 Å². The van der Waals surface area contributed by atoms with Crippen LogP contribution in [0.1, 0.15) is 0 Å². The molecule has 2 aliphatic carbocycles. The zero-order valence-electron chi connectivity index (χ0n) is 37.8. The molecule has 0 N–H and O–H groups in total. The third-order valence-electron chi connectivity index (χ3n) is 14.6. The Bertz CT molecular complexity index is 4250. The van der Waals surface area contributed by atoms with Gasteiger partial charge in [-0.05, 0) is 87.5 Å². The van der Waals surface area contributed by atoms with E-state index in [-0.39, 0.29) is 6.04 Å². The van der Waals surface area contributed by atoms with Gasteiger partial charge in [0.15, 0.2) is 0 Å². The topological polar surface area (TPSA) is 45.4 Å². The molecule has 15 rings (SSSR count). The molecule has 5 heteroatoms. The summed E-state index contributed by atoms with van der Waals surface area (Å²) in [5.74, 6) is 0. The molecule has 5 nitrogen and oxygen atoms in total. The lowest BCUT2D eigenvalue weighted by molar-refractivity contribution is 0.669. The lowest BCUT2D eigenvalue weighted by atomic mass is 9.80. The van der Waals surface area contributed by atoms with Crippen LogP contribution in [-0.2, 0) is 0 Å². The Morgan fingerprint density at radius 1 is 0.429 bits per heavy atom. The lowest BCUT2D eigenvalue weighted by Crippen LogP contribution is -2.44. The van der Waals surface area contributed by atoms with Crippen molar-refractivity contribution < 1.29 is 8.83 Å². The van der Waals surface area contributed by atoms with Gasteiger partial charge in [-0.3, -0.25) is 4.98 Å². The summed E-state index contributed by atoms with van der Waals surface area (Å²) < 4.78 is 15.8. The van der Waals surface area contributed by atoms with Crippen LogP contribution in [0.3, 0.4) is 0 Å². The molecule has 3 aromatic heterocycles. The Morgan fingerprint density at radius 3 is 1.67 bits per heavy atom. The van der Waals surface area contributed by atoms with Crippen LogP contribution in [0.15, 0.2) is 246 Å². The largest absolute Gasteiger partial charge is 0.455 e. The second kappa shape index (κ2) is 15.1. The van der Waals surface area contributed by atoms with Gasteiger partial charge < -0.3 is 13.7 Å². The molecule has 4 heterocycles. The Kier molecular flexibility index (Phi) is 8.36. The quantitative estimate of drug-likeness (QED) is 0.165. The summed E-state index contributed by atoms with van der Waals surface area (Å²) in [5, 5.41) is 4.43. The molecule has 1 aliphatic heterocycles. The Hall–Kier alpha value is -9.32. The number of allylic oxidation sites excluding steroid dienone is 2. The van der Waals surface area contributed by atoms with Crippen molar-refractivity contribution in [2.75, 3.05) is 4.90 Å². The van der Waals surface area contributed by atoms with Crippen molar-refractivity contribution in [2.24, 2.45) is 0 Å². The number of furan rings is 2. The first-order valence-corrected chi connectivity index (χ1v) is 23.9. The van der Waals surface area contributed by atoms with Gasteiger partial charge >= 0.3 is 0 Å². The molecule has 70 heavy (non-hydrogen) atoms. The Morgan fingerprint density at radius 2 is 1.00 bits per heavy atom. The van der Waals surface area contributed by atoms with Crippen LogP contribution in [-0.4, -0.2) is 16.7 Å². The van der Waals surface area contributed by atoms with Crippen molar-refractivity contribution in [1.82, 2.24) is 9.56 Å². The number of hydrogen-bond donors (Lipinski definition) is 0. The number of anilines is 2. The molecule has 0 amide bonds. The van der Waals surface area contributed by atoms with E-state index in [4.69, 9.17) is 13.8 Å². The van der Waals surface area contributed by atoms with E-state index in [0.29, 0.717) is 0 Å². The second-order valence-corrected chi connectivity index (χ2v) is 18.4. The monoisotopic (exact) mass is 894 g/mol. The minimum Gasteiger partial charge on any atom is -0.455 e. The smallest absolute Gasteiger partial charge is 0.236 e. The van der Waals surface area contributed by atoms with Crippen molar-refractivity contribution in [2.45, 2.75) is 6.04 Å². The number of para-hydroxylation sites is 6. The molecular weight excluding hydrogens is 855 g/mol. The minimum atomic E-state index is -0.0673. The maximum absolute atomic E-state index is 6.70. The summed E-state index contributed by atoms with van der Waals surface area (Å²) in [6.07, 6.45) is 10.8. The normalized spacial score (nSPS) is 14.5. The predicted octanol–water partition coefficient (Wildman–Crippen LogP) is 17.1. The molecule has 0 saturated carbocycles. The summed E-state index contributed by atoms with van der Waals surface area (Å²) in [5.41, 5.74) is 21.9. The molecule has 0 bridgehead atoms. The zero-order valence-corrected chi connectivity index (χ0v) is 37.8.